The number of alkyl halides is 4. The molecule has 23 heteroatoms. The van der Waals surface area contributed by atoms with Crippen molar-refractivity contribution in [3.63, 3.8) is 0 Å². The van der Waals surface area contributed by atoms with Crippen LogP contribution in [0.15, 0.2) is 85.5 Å². The Morgan fingerprint density at radius 3 is 1.47 bits per heavy atom. The molecule has 0 bridgehead atoms. The highest BCUT2D eigenvalue weighted by atomic mass is 19.3. The van der Waals surface area contributed by atoms with Gasteiger partial charge in [-0.2, -0.15) is 10.5 Å². The summed E-state index contributed by atoms with van der Waals surface area (Å²) in [5.74, 6) is -8.72. The second-order valence-electron chi connectivity index (χ2n) is 18.4. The fraction of sp³-hybridized carbons (Fsp3) is 0.412. The van der Waals surface area contributed by atoms with Crippen molar-refractivity contribution >= 4 is 35.6 Å². The zero-order chi connectivity index (χ0) is 53.6. The molecule has 4 heterocycles. The normalized spacial score (nSPS) is 16.5. The first-order valence-corrected chi connectivity index (χ1v) is 23.5. The maximum atomic E-state index is 13.9. The molecule has 2 fully saturated rings. The zero-order valence-electron chi connectivity index (χ0n) is 40.7. The Kier molecular flexibility index (Phi) is 18.1. The first-order valence-electron chi connectivity index (χ1n) is 23.5. The van der Waals surface area contributed by atoms with Crippen LogP contribution in [-0.2, 0) is 19.1 Å². The highest BCUT2D eigenvalue weighted by Crippen LogP contribution is 2.33. The number of hydrogen-bond acceptors (Lipinski definition) is 13. The molecule has 0 radical (unpaired) electrons. The van der Waals surface area contributed by atoms with Crippen molar-refractivity contribution in [2.75, 3.05) is 59.0 Å². The number of nitrogens with one attached hydrogen (secondary N) is 3. The summed E-state index contributed by atoms with van der Waals surface area (Å²) in [5.41, 5.74) is 1.58. The van der Waals surface area contributed by atoms with Gasteiger partial charge in [-0.25, -0.2) is 22.4 Å². The van der Waals surface area contributed by atoms with Crippen molar-refractivity contribution in [2.24, 2.45) is 0 Å². The van der Waals surface area contributed by atoms with Crippen LogP contribution in [-0.4, -0.2) is 149 Å². The molecule has 74 heavy (non-hydrogen) atoms. The van der Waals surface area contributed by atoms with E-state index in [0.717, 1.165) is 9.80 Å². The van der Waals surface area contributed by atoms with Gasteiger partial charge in [-0.15, -0.1) is 0 Å². The first-order chi connectivity index (χ1) is 35.2. The summed E-state index contributed by atoms with van der Waals surface area (Å²) >= 11 is 0. The molecule has 2 aromatic carbocycles. The predicted molar refractivity (Wildman–Crippen MR) is 256 cm³/mol. The molecule has 0 aliphatic carbocycles. The van der Waals surface area contributed by atoms with E-state index in [9.17, 15) is 56.9 Å². The van der Waals surface area contributed by atoms with Gasteiger partial charge < -0.3 is 44.9 Å². The Morgan fingerprint density at radius 2 is 1.08 bits per heavy atom. The van der Waals surface area contributed by atoms with Gasteiger partial charge in [0.25, 0.3) is 23.7 Å². The van der Waals surface area contributed by atoms with Gasteiger partial charge in [-0.05, 0) is 81.1 Å². The van der Waals surface area contributed by atoms with Gasteiger partial charge >= 0.3 is 6.09 Å². The molecule has 4 aromatic rings. The number of ether oxygens (including phenoxy) is 3. The van der Waals surface area contributed by atoms with E-state index >= 15 is 0 Å². The molecule has 2 aliphatic rings. The number of carbonyl (C=O) groups excluding carboxylic acids is 6. The molecule has 0 unspecified atom stereocenters. The van der Waals surface area contributed by atoms with Gasteiger partial charge in [0, 0.05) is 61.8 Å². The number of halogens is 4. The van der Waals surface area contributed by atoms with Crippen molar-refractivity contribution < 1.29 is 60.5 Å². The van der Waals surface area contributed by atoms with Crippen LogP contribution >= 0.6 is 0 Å². The maximum Gasteiger partial charge on any atom is 0.408 e. The molecule has 19 nitrogen and oxygen atoms in total. The lowest BCUT2D eigenvalue weighted by atomic mass is 10.0. The van der Waals surface area contributed by atoms with Gasteiger partial charge in [0.1, 0.15) is 35.7 Å². The number of pyridine rings is 2. The van der Waals surface area contributed by atoms with Gasteiger partial charge in [-0.3, -0.25) is 33.9 Å². The van der Waals surface area contributed by atoms with Crippen molar-refractivity contribution in [1.82, 2.24) is 40.6 Å². The van der Waals surface area contributed by atoms with Crippen LogP contribution in [0.4, 0.5) is 22.4 Å². The Hall–Kier alpha value is -8.34. The summed E-state index contributed by atoms with van der Waals surface area (Å²) in [4.78, 5) is 88.7. The van der Waals surface area contributed by atoms with E-state index in [0.29, 0.717) is 46.6 Å². The molecule has 2 atom stereocenters. The summed E-state index contributed by atoms with van der Waals surface area (Å²) in [7, 11) is 0. The number of benzene rings is 2. The quantitative estimate of drug-likeness (QED) is 0.0744. The van der Waals surface area contributed by atoms with Gasteiger partial charge in [0.05, 0.1) is 62.7 Å². The third kappa shape index (κ3) is 15.3. The molecule has 3 N–H and O–H groups in total. The number of nitrogens with zero attached hydrogens (tertiary/aromatic N) is 7. The zero-order valence-corrected chi connectivity index (χ0v) is 40.7. The molecule has 2 aromatic heterocycles. The van der Waals surface area contributed by atoms with Gasteiger partial charge in [0.15, 0.2) is 0 Å². The Balaban J connectivity index is 0.993. The number of hydrogen-bond donors (Lipinski definition) is 3. The number of alkyl carbamates (subject to hydrolysis) is 1. The Morgan fingerprint density at radius 1 is 0.662 bits per heavy atom. The lowest BCUT2D eigenvalue weighted by Gasteiger charge is -2.24. The largest absolute Gasteiger partial charge is 0.494 e. The van der Waals surface area contributed by atoms with Crippen molar-refractivity contribution in [1.29, 1.82) is 10.5 Å². The summed E-state index contributed by atoms with van der Waals surface area (Å²) in [5, 5.41) is 25.9. The second-order valence-corrected chi connectivity index (χ2v) is 18.4. The second kappa shape index (κ2) is 24.4. The molecule has 2 saturated heterocycles. The summed E-state index contributed by atoms with van der Waals surface area (Å²) in [6, 6.07) is 17.2. The molecular formula is C51H54F4N10O9. The van der Waals surface area contributed by atoms with Crippen LogP contribution in [0.1, 0.15) is 67.2 Å². The summed E-state index contributed by atoms with van der Waals surface area (Å²) in [6.07, 6.45) is 4.19. The smallest absolute Gasteiger partial charge is 0.408 e. The van der Waals surface area contributed by atoms with Crippen LogP contribution in [0.25, 0.3) is 22.3 Å². The fourth-order valence-electron chi connectivity index (χ4n) is 8.03. The first kappa shape index (κ1) is 55.0. The molecule has 0 spiro atoms. The van der Waals surface area contributed by atoms with E-state index in [1.165, 1.54) is 36.9 Å². The van der Waals surface area contributed by atoms with Crippen molar-refractivity contribution in [2.45, 2.75) is 76.0 Å². The van der Waals surface area contributed by atoms with Gasteiger partial charge in [-0.1, -0.05) is 24.3 Å². The third-order valence-electron chi connectivity index (χ3n) is 11.6. The molecule has 2 aliphatic heterocycles. The molecule has 6 rings (SSSR count). The number of nitriles is 2. The molecule has 390 valence electrons. The van der Waals surface area contributed by atoms with Gasteiger partial charge in [0.2, 0.25) is 17.7 Å². The number of aromatic nitrogens is 2. The number of carbonyl (C=O) groups is 6. The highest BCUT2D eigenvalue weighted by molar-refractivity contribution is 6.03. The predicted octanol–water partition coefficient (Wildman–Crippen LogP) is 5.38. The van der Waals surface area contributed by atoms with Crippen molar-refractivity contribution in [3.05, 3.63) is 96.6 Å². The minimum absolute atomic E-state index is 0.170. The molecular weight excluding hydrogens is 973 g/mol. The number of likely N-dealkylation sites (tertiary alicyclic amines) is 2. The average Bonchev–Trinajstić information content (AvgIpc) is 3.88. The lowest BCUT2D eigenvalue weighted by Crippen LogP contribution is -2.43. The summed E-state index contributed by atoms with van der Waals surface area (Å²) in [6.45, 7) is 2.66. The lowest BCUT2D eigenvalue weighted by molar-refractivity contribution is -0.132. The molecule has 0 saturated carbocycles. The SMILES string of the molecule is CC(C)(C)OC(=O)NCC(=O)N(CCCOc1ccc(-c2cnccc2C(=O)NCC(=O)N2CC(F)(F)C[C@H]2C#N)cc1)CCCOc1ccc(-c2cnccc2C(=O)NCC(=O)N2CC(F)(F)C[C@H]2C#N)cc1. The topological polar surface area (TPSA) is 249 Å². The van der Waals surface area contributed by atoms with E-state index < -0.39 is 98.3 Å². The van der Waals surface area contributed by atoms with E-state index in [4.69, 9.17) is 14.2 Å². The van der Waals surface area contributed by atoms with E-state index in [-0.39, 0.29) is 49.9 Å². The van der Waals surface area contributed by atoms with Crippen molar-refractivity contribution in [3.8, 4) is 45.9 Å². The van der Waals surface area contributed by atoms with Crippen LogP contribution < -0.4 is 25.4 Å². The highest BCUT2D eigenvalue weighted by Gasteiger charge is 2.48. The molecule has 6 amide bonds. The maximum absolute atomic E-state index is 13.9. The standard InChI is InChI=1S/C51H54F4N10O9/c1-49(2,3)74-48(71)62-28-43(66)63(18-4-20-72-37-10-6-33(7-11-37)41-26-58-16-14-39(41)46(69)60-29-44(67)64-31-50(52,53)22-35(64)24-56)19-5-21-73-38-12-8-34(9-13-38)42-27-59-17-15-40(42)47(70)61-30-45(68)65-32-51(54,55)23-36(65)25-57/h6-17,26-27,35-36H,4-5,18-23,28-32H2,1-3H3,(H,60,69)(H,61,70)(H,62,71)/t35-,36-/m0/s1. The monoisotopic (exact) mass is 1030 g/mol. The third-order valence-corrected chi connectivity index (χ3v) is 11.6. The van der Waals surface area contributed by atoms with Crippen LogP contribution in [0.3, 0.4) is 0 Å². The number of rotatable bonds is 20. The fourth-order valence-corrected chi connectivity index (χ4v) is 8.03. The van der Waals surface area contributed by atoms with E-state index in [2.05, 4.69) is 25.9 Å². The van der Waals surface area contributed by atoms with E-state index in [1.54, 1.807) is 86.3 Å². The van der Waals surface area contributed by atoms with E-state index in [1.807, 2.05) is 0 Å². The Bertz CT molecular complexity index is 2600. The van der Waals surface area contributed by atoms with Crippen LogP contribution in [0.2, 0.25) is 0 Å². The summed E-state index contributed by atoms with van der Waals surface area (Å²) < 4.78 is 72.7. The van der Waals surface area contributed by atoms with Crippen LogP contribution in [0, 0.1) is 22.7 Å². The average molecular weight is 1030 g/mol. The number of amides is 6. The van der Waals surface area contributed by atoms with Crippen LogP contribution in [0.5, 0.6) is 11.5 Å². The Labute approximate surface area is 423 Å². The minimum Gasteiger partial charge on any atom is -0.494 e. The minimum atomic E-state index is -3.19.